The van der Waals surface area contributed by atoms with Crippen LogP contribution in [-0.4, -0.2) is 49.7 Å². The zero-order valence-corrected chi connectivity index (χ0v) is 11.5. The Bertz CT molecular complexity index is 265. The summed E-state index contributed by atoms with van der Waals surface area (Å²) >= 11 is 0. The molecule has 2 rings (SSSR count). The van der Waals surface area contributed by atoms with Gasteiger partial charge in [0.2, 0.25) is 0 Å². The molecule has 1 aliphatic carbocycles. The molecule has 2 aliphatic rings. The molecule has 1 atom stereocenters. The van der Waals surface area contributed by atoms with E-state index in [2.05, 4.69) is 10.2 Å². The molecule has 1 saturated heterocycles. The van der Waals surface area contributed by atoms with Gasteiger partial charge in [-0.15, -0.1) is 0 Å². The number of esters is 1. The number of hydrogen-bond acceptors (Lipinski definition) is 4. The van der Waals surface area contributed by atoms with Gasteiger partial charge in [-0.05, 0) is 25.8 Å². The minimum absolute atomic E-state index is 0.0591. The highest BCUT2D eigenvalue weighted by molar-refractivity contribution is 5.76. The van der Waals surface area contributed by atoms with Crippen molar-refractivity contribution < 1.29 is 9.53 Å². The van der Waals surface area contributed by atoms with E-state index >= 15 is 0 Å². The number of hydrogen-bond donors (Lipinski definition) is 1. The van der Waals surface area contributed by atoms with Crippen molar-refractivity contribution >= 4 is 5.97 Å². The Morgan fingerprint density at radius 2 is 2.17 bits per heavy atom. The molecule has 2 fully saturated rings. The predicted octanol–water partition coefficient (Wildman–Crippen LogP) is 1.40. The van der Waals surface area contributed by atoms with E-state index in [1.807, 2.05) is 6.92 Å². The first-order chi connectivity index (χ1) is 8.81. The average Bonchev–Trinajstić information content (AvgIpc) is 2.90. The van der Waals surface area contributed by atoms with Gasteiger partial charge in [-0.25, -0.2) is 0 Å². The van der Waals surface area contributed by atoms with Gasteiger partial charge in [-0.2, -0.15) is 0 Å². The molecule has 1 N–H and O–H groups in total. The number of nitrogens with zero attached hydrogens (tertiary/aromatic N) is 1. The summed E-state index contributed by atoms with van der Waals surface area (Å²) in [6, 6.07) is -0.0693. The second-order valence-corrected chi connectivity index (χ2v) is 5.45. The third kappa shape index (κ3) is 3.69. The molecule has 0 radical (unpaired) electrons. The second-order valence-electron chi connectivity index (χ2n) is 5.45. The van der Waals surface area contributed by atoms with Gasteiger partial charge in [0.05, 0.1) is 6.61 Å². The monoisotopic (exact) mass is 254 g/mol. The average molecular weight is 254 g/mol. The summed E-state index contributed by atoms with van der Waals surface area (Å²) in [5.74, 6) is 0.832. The largest absolute Gasteiger partial charge is 0.465 e. The van der Waals surface area contributed by atoms with Crippen molar-refractivity contribution in [3.63, 3.8) is 0 Å². The lowest BCUT2D eigenvalue weighted by molar-refractivity contribution is -0.150. The van der Waals surface area contributed by atoms with Crippen molar-refractivity contribution in [2.24, 2.45) is 5.92 Å². The maximum absolute atomic E-state index is 11.9. The highest BCUT2D eigenvalue weighted by atomic mass is 16.5. The van der Waals surface area contributed by atoms with E-state index in [0.29, 0.717) is 6.61 Å². The highest BCUT2D eigenvalue weighted by Crippen LogP contribution is 2.27. The van der Waals surface area contributed by atoms with Crippen LogP contribution < -0.4 is 5.32 Å². The SMILES string of the molecule is CCOC(=O)C1CNCCN1CCC1CCCC1. The maximum Gasteiger partial charge on any atom is 0.324 e. The molecular formula is C14H26N2O2. The molecule has 0 aromatic heterocycles. The first kappa shape index (κ1) is 13.8. The zero-order valence-electron chi connectivity index (χ0n) is 11.5. The Kier molecular flexibility index (Phi) is 5.45. The first-order valence-corrected chi connectivity index (χ1v) is 7.42. The summed E-state index contributed by atoms with van der Waals surface area (Å²) in [4.78, 5) is 14.2. The fraction of sp³-hybridized carbons (Fsp3) is 0.929. The van der Waals surface area contributed by atoms with E-state index in [4.69, 9.17) is 4.74 Å². The van der Waals surface area contributed by atoms with Gasteiger partial charge in [-0.3, -0.25) is 9.69 Å². The number of ether oxygens (including phenoxy) is 1. The van der Waals surface area contributed by atoms with Crippen LogP contribution in [0.25, 0.3) is 0 Å². The van der Waals surface area contributed by atoms with E-state index in [-0.39, 0.29) is 12.0 Å². The van der Waals surface area contributed by atoms with Crippen LogP contribution in [-0.2, 0) is 9.53 Å². The van der Waals surface area contributed by atoms with Crippen LogP contribution in [0, 0.1) is 5.92 Å². The van der Waals surface area contributed by atoms with Crippen molar-refractivity contribution in [1.82, 2.24) is 10.2 Å². The summed E-state index contributed by atoms with van der Waals surface area (Å²) in [6.45, 7) is 6.10. The minimum Gasteiger partial charge on any atom is -0.465 e. The summed E-state index contributed by atoms with van der Waals surface area (Å²) < 4.78 is 5.16. The molecule has 4 heteroatoms. The minimum atomic E-state index is -0.0693. The van der Waals surface area contributed by atoms with Crippen LogP contribution in [0.15, 0.2) is 0 Å². The third-order valence-electron chi connectivity index (χ3n) is 4.21. The molecule has 0 amide bonds. The van der Waals surface area contributed by atoms with Gasteiger partial charge in [0, 0.05) is 19.6 Å². The Hall–Kier alpha value is -0.610. The summed E-state index contributed by atoms with van der Waals surface area (Å²) in [5.41, 5.74) is 0. The van der Waals surface area contributed by atoms with E-state index in [1.54, 1.807) is 0 Å². The van der Waals surface area contributed by atoms with Gasteiger partial charge in [0.15, 0.2) is 0 Å². The fourth-order valence-electron chi connectivity index (χ4n) is 3.13. The summed E-state index contributed by atoms with van der Waals surface area (Å²) in [5, 5.41) is 3.29. The number of nitrogens with one attached hydrogen (secondary N) is 1. The molecule has 1 unspecified atom stereocenters. The second kappa shape index (κ2) is 7.10. The quantitative estimate of drug-likeness (QED) is 0.753. The zero-order chi connectivity index (χ0) is 12.8. The molecule has 0 aromatic carbocycles. The van der Waals surface area contributed by atoms with Crippen LogP contribution >= 0.6 is 0 Å². The van der Waals surface area contributed by atoms with Crippen LogP contribution in [0.2, 0.25) is 0 Å². The summed E-state index contributed by atoms with van der Waals surface area (Å²) in [7, 11) is 0. The molecule has 4 nitrogen and oxygen atoms in total. The predicted molar refractivity (Wildman–Crippen MR) is 71.4 cm³/mol. The van der Waals surface area contributed by atoms with Gasteiger partial charge >= 0.3 is 5.97 Å². The Labute approximate surface area is 110 Å². The molecule has 1 heterocycles. The molecule has 0 aromatic rings. The van der Waals surface area contributed by atoms with Crippen LogP contribution in [0.1, 0.15) is 39.0 Å². The molecular weight excluding hydrogens is 228 g/mol. The van der Waals surface area contributed by atoms with Gasteiger partial charge in [0.25, 0.3) is 0 Å². The van der Waals surface area contributed by atoms with E-state index in [0.717, 1.165) is 32.1 Å². The Balaban J connectivity index is 1.80. The topological polar surface area (TPSA) is 41.6 Å². The molecule has 0 spiro atoms. The van der Waals surface area contributed by atoms with Crippen LogP contribution in [0.4, 0.5) is 0 Å². The van der Waals surface area contributed by atoms with Crippen molar-refractivity contribution in [3.8, 4) is 0 Å². The van der Waals surface area contributed by atoms with Crippen LogP contribution in [0.5, 0.6) is 0 Å². The fourth-order valence-corrected chi connectivity index (χ4v) is 3.13. The lowest BCUT2D eigenvalue weighted by atomic mass is 10.0. The highest BCUT2D eigenvalue weighted by Gasteiger charge is 2.30. The molecule has 104 valence electrons. The van der Waals surface area contributed by atoms with Gasteiger partial charge in [-0.1, -0.05) is 25.7 Å². The number of piperazine rings is 1. The summed E-state index contributed by atoms with van der Waals surface area (Å²) in [6.07, 6.45) is 6.81. The van der Waals surface area contributed by atoms with Crippen molar-refractivity contribution in [1.29, 1.82) is 0 Å². The Morgan fingerprint density at radius 1 is 1.39 bits per heavy atom. The standard InChI is InChI=1S/C14H26N2O2/c1-2-18-14(17)13-11-15-8-10-16(13)9-7-12-5-3-4-6-12/h12-13,15H,2-11H2,1H3. The van der Waals surface area contributed by atoms with E-state index in [9.17, 15) is 4.79 Å². The van der Waals surface area contributed by atoms with E-state index in [1.165, 1.54) is 32.1 Å². The number of carbonyl (C=O) groups is 1. The van der Waals surface area contributed by atoms with Crippen molar-refractivity contribution in [2.75, 3.05) is 32.8 Å². The van der Waals surface area contributed by atoms with E-state index < -0.39 is 0 Å². The molecule has 0 bridgehead atoms. The first-order valence-electron chi connectivity index (χ1n) is 7.42. The van der Waals surface area contributed by atoms with Gasteiger partial charge in [0.1, 0.15) is 6.04 Å². The van der Waals surface area contributed by atoms with Crippen molar-refractivity contribution in [3.05, 3.63) is 0 Å². The Morgan fingerprint density at radius 3 is 2.89 bits per heavy atom. The molecule has 1 aliphatic heterocycles. The number of rotatable bonds is 5. The van der Waals surface area contributed by atoms with Crippen molar-refractivity contribution in [2.45, 2.75) is 45.1 Å². The lowest BCUT2D eigenvalue weighted by Gasteiger charge is -2.35. The lowest BCUT2D eigenvalue weighted by Crippen LogP contribution is -2.55. The van der Waals surface area contributed by atoms with Gasteiger partial charge < -0.3 is 10.1 Å². The molecule has 1 saturated carbocycles. The smallest absolute Gasteiger partial charge is 0.324 e. The van der Waals surface area contributed by atoms with Crippen LogP contribution in [0.3, 0.4) is 0 Å². The number of carbonyl (C=O) groups excluding carboxylic acids is 1. The third-order valence-corrected chi connectivity index (χ3v) is 4.21. The maximum atomic E-state index is 11.9. The molecule has 18 heavy (non-hydrogen) atoms. The normalized spacial score (nSPS) is 26.4.